The molecule has 0 aliphatic carbocycles. The third-order valence-electron chi connectivity index (χ3n) is 6.02. The van der Waals surface area contributed by atoms with Crippen molar-refractivity contribution in [2.24, 2.45) is 0 Å². The van der Waals surface area contributed by atoms with Crippen molar-refractivity contribution >= 4 is 0 Å². The number of hydrogen-bond acceptors (Lipinski definition) is 5. The number of hydrogen-bond donors (Lipinski definition) is 0. The van der Waals surface area contributed by atoms with Crippen LogP contribution in [-0.2, 0) is 11.3 Å². The molecule has 1 atom stereocenters. The van der Waals surface area contributed by atoms with Crippen molar-refractivity contribution < 1.29 is 9.47 Å². The number of pyridine rings is 1. The van der Waals surface area contributed by atoms with Crippen LogP contribution in [0, 0.1) is 13.8 Å². The van der Waals surface area contributed by atoms with Crippen LogP contribution >= 0.6 is 0 Å². The van der Waals surface area contributed by atoms with Crippen molar-refractivity contribution in [1.29, 1.82) is 0 Å². The second-order valence-corrected chi connectivity index (χ2v) is 8.49. The van der Waals surface area contributed by atoms with Gasteiger partial charge in [0.25, 0.3) is 0 Å². The molecule has 0 radical (unpaired) electrons. The van der Waals surface area contributed by atoms with Gasteiger partial charge in [-0.1, -0.05) is 18.2 Å². The Kier molecular flexibility index (Phi) is 6.39. The van der Waals surface area contributed by atoms with Crippen LogP contribution in [-0.4, -0.2) is 46.5 Å². The smallest absolute Gasteiger partial charge is 0.119 e. The molecule has 0 N–H and O–H groups in total. The number of aromatic nitrogens is 3. The first-order valence-electron chi connectivity index (χ1n) is 10.9. The summed E-state index contributed by atoms with van der Waals surface area (Å²) in [6.07, 6.45) is 1.90. The number of nitrogens with zero attached hydrogens (tertiary/aromatic N) is 4. The van der Waals surface area contributed by atoms with Gasteiger partial charge < -0.3 is 9.47 Å². The first kappa shape index (κ1) is 21.5. The number of benzene rings is 1. The van der Waals surface area contributed by atoms with E-state index in [2.05, 4.69) is 55.5 Å². The Morgan fingerprint density at radius 3 is 2.68 bits per heavy atom. The minimum absolute atomic E-state index is 0.0196. The van der Waals surface area contributed by atoms with Crippen LogP contribution in [0.2, 0.25) is 0 Å². The van der Waals surface area contributed by atoms with Gasteiger partial charge in [0.05, 0.1) is 25.1 Å². The summed E-state index contributed by atoms with van der Waals surface area (Å²) in [5.74, 6) is 0.846. The predicted molar refractivity (Wildman–Crippen MR) is 122 cm³/mol. The minimum atomic E-state index is -0.0196. The Morgan fingerprint density at radius 1 is 1.16 bits per heavy atom. The fraction of sp³-hybridized carbons (Fsp3) is 0.440. The lowest BCUT2D eigenvalue weighted by atomic mass is 10.1. The van der Waals surface area contributed by atoms with Crippen molar-refractivity contribution in [1.82, 2.24) is 19.7 Å². The SMILES string of the molecule is COc1cccc(-c2ccc([C@H]3CN(Cc4c(C)nn(C(C)C)c4C)CCO3)nc2)c1. The summed E-state index contributed by atoms with van der Waals surface area (Å²) in [6, 6.07) is 12.6. The van der Waals surface area contributed by atoms with E-state index in [4.69, 9.17) is 19.6 Å². The number of morpholine rings is 1. The Bertz CT molecular complexity index is 1030. The first-order valence-corrected chi connectivity index (χ1v) is 10.9. The van der Waals surface area contributed by atoms with Crippen LogP contribution in [0.4, 0.5) is 0 Å². The number of rotatable bonds is 6. The third kappa shape index (κ3) is 4.65. The molecule has 0 amide bonds. The molecule has 164 valence electrons. The number of aryl methyl sites for hydroxylation is 1. The predicted octanol–water partition coefficient (Wildman–Crippen LogP) is 4.72. The molecule has 3 aromatic rings. The zero-order valence-corrected chi connectivity index (χ0v) is 19.1. The third-order valence-corrected chi connectivity index (χ3v) is 6.02. The Balaban J connectivity index is 1.46. The molecule has 1 aliphatic heterocycles. The van der Waals surface area contributed by atoms with Crippen molar-refractivity contribution in [2.75, 3.05) is 26.8 Å². The normalized spacial score (nSPS) is 17.3. The van der Waals surface area contributed by atoms with Crippen LogP contribution in [0.25, 0.3) is 11.1 Å². The highest BCUT2D eigenvalue weighted by molar-refractivity contribution is 5.64. The maximum atomic E-state index is 6.07. The van der Waals surface area contributed by atoms with E-state index >= 15 is 0 Å². The van der Waals surface area contributed by atoms with Gasteiger partial charge in [-0.25, -0.2) is 0 Å². The minimum Gasteiger partial charge on any atom is -0.497 e. The molecule has 0 spiro atoms. The topological polar surface area (TPSA) is 52.4 Å². The van der Waals surface area contributed by atoms with Crippen molar-refractivity contribution in [2.45, 2.75) is 46.4 Å². The number of methoxy groups -OCH3 is 1. The van der Waals surface area contributed by atoms with Crippen LogP contribution in [0.15, 0.2) is 42.6 Å². The van der Waals surface area contributed by atoms with Crippen LogP contribution in [0.5, 0.6) is 5.75 Å². The summed E-state index contributed by atoms with van der Waals surface area (Å²) < 4.78 is 13.5. The molecule has 4 rings (SSSR count). The Morgan fingerprint density at radius 2 is 2.00 bits per heavy atom. The van der Waals surface area contributed by atoms with Crippen LogP contribution < -0.4 is 4.74 Å². The van der Waals surface area contributed by atoms with Gasteiger partial charge in [0.2, 0.25) is 0 Å². The summed E-state index contributed by atoms with van der Waals surface area (Å²) in [4.78, 5) is 7.18. The summed E-state index contributed by atoms with van der Waals surface area (Å²) in [5, 5.41) is 4.74. The van der Waals surface area contributed by atoms with Gasteiger partial charge in [0.1, 0.15) is 11.9 Å². The molecule has 0 unspecified atom stereocenters. The van der Waals surface area contributed by atoms with E-state index in [9.17, 15) is 0 Å². The molecule has 1 fully saturated rings. The van der Waals surface area contributed by atoms with Crippen LogP contribution in [0.3, 0.4) is 0 Å². The van der Waals surface area contributed by atoms with E-state index in [-0.39, 0.29) is 6.10 Å². The van der Waals surface area contributed by atoms with Gasteiger partial charge in [0.15, 0.2) is 0 Å². The molecule has 0 bridgehead atoms. The van der Waals surface area contributed by atoms with Gasteiger partial charge in [-0.05, 0) is 51.5 Å². The average molecular weight is 421 g/mol. The largest absolute Gasteiger partial charge is 0.497 e. The fourth-order valence-corrected chi connectivity index (χ4v) is 4.25. The quantitative estimate of drug-likeness (QED) is 0.577. The lowest BCUT2D eigenvalue weighted by Crippen LogP contribution is -2.38. The fourth-order valence-electron chi connectivity index (χ4n) is 4.25. The Labute approximate surface area is 184 Å². The van der Waals surface area contributed by atoms with Gasteiger partial charge in [0, 0.05) is 48.7 Å². The molecule has 6 nitrogen and oxygen atoms in total. The molecule has 1 aromatic carbocycles. The highest BCUT2D eigenvalue weighted by atomic mass is 16.5. The zero-order valence-electron chi connectivity index (χ0n) is 19.1. The van der Waals surface area contributed by atoms with Crippen molar-refractivity contribution in [3.8, 4) is 16.9 Å². The van der Waals surface area contributed by atoms with Crippen molar-refractivity contribution in [3.05, 3.63) is 65.2 Å². The summed E-state index contributed by atoms with van der Waals surface area (Å²) in [6.45, 7) is 12.0. The zero-order chi connectivity index (χ0) is 22.0. The highest BCUT2D eigenvalue weighted by Gasteiger charge is 2.25. The van der Waals surface area contributed by atoms with Gasteiger partial charge >= 0.3 is 0 Å². The lowest BCUT2D eigenvalue weighted by molar-refractivity contribution is -0.0351. The second-order valence-electron chi connectivity index (χ2n) is 8.49. The van der Waals surface area contributed by atoms with Crippen LogP contribution in [0.1, 0.15) is 48.6 Å². The average Bonchev–Trinajstić information content (AvgIpc) is 3.08. The molecule has 0 saturated carbocycles. The van der Waals surface area contributed by atoms with E-state index in [0.717, 1.165) is 47.9 Å². The summed E-state index contributed by atoms with van der Waals surface area (Å²) in [7, 11) is 1.68. The molecule has 2 aromatic heterocycles. The molecule has 3 heterocycles. The highest BCUT2D eigenvalue weighted by Crippen LogP contribution is 2.27. The van der Waals surface area contributed by atoms with Gasteiger partial charge in [-0.3, -0.25) is 14.6 Å². The number of ether oxygens (including phenoxy) is 2. The summed E-state index contributed by atoms with van der Waals surface area (Å²) in [5.41, 5.74) is 6.85. The van der Waals surface area contributed by atoms with E-state index in [0.29, 0.717) is 12.6 Å². The molecule has 31 heavy (non-hydrogen) atoms. The van der Waals surface area contributed by atoms with Crippen molar-refractivity contribution in [3.63, 3.8) is 0 Å². The Hall–Kier alpha value is -2.70. The maximum Gasteiger partial charge on any atom is 0.119 e. The van der Waals surface area contributed by atoms with E-state index in [1.54, 1.807) is 7.11 Å². The lowest BCUT2D eigenvalue weighted by Gasteiger charge is -2.32. The van der Waals surface area contributed by atoms with Gasteiger partial charge in [-0.2, -0.15) is 5.10 Å². The van der Waals surface area contributed by atoms with Gasteiger partial charge in [-0.15, -0.1) is 0 Å². The van der Waals surface area contributed by atoms with E-state index < -0.39 is 0 Å². The molecular weight excluding hydrogens is 388 g/mol. The summed E-state index contributed by atoms with van der Waals surface area (Å²) >= 11 is 0. The maximum absolute atomic E-state index is 6.07. The molecule has 6 heteroatoms. The van der Waals surface area contributed by atoms with E-state index in [1.807, 2.05) is 24.4 Å². The van der Waals surface area contributed by atoms with E-state index in [1.165, 1.54) is 11.3 Å². The monoisotopic (exact) mass is 420 g/mol. The molecule has 1 aliphatic rings. The first-order chi connectivity index (χ1) is 15.0. The molecular formula is C25H32N4O2. The standard InChI is InChI=1S/C25H32N4O2/c1-17(2)29-19(4)23(18(3)27-29)15-28-11-12-31-25(16-28)24-10-9-21(14-26-24)20-7-6-8-22(13-20)30-5/h6-10,13-14,17,25H,11-12,15-16H2,1-5H3/t25-/m1/s1. The molecule has 1 saturated heterocycles. The second kappa shape index (κ2) is 9.20.